The van der Waals surface area contributed by atoms with Crippen molar-refractivity contribution < 1.29 is 4.79 Å². The van der Waals surface area contributed by atoms with E-state index in [9.17, 15) is 4.79 Å². The average Bonchev–Trinajstić information content (AvgIpc) is 3.23. The summed E-state index contributed by atoms with van der Waals surface area (Å²) in [5, 5.41) is 0.697. The lowest BCUT2D eigenvalue weighted by Crippen LogP contribution is -2.42. The molecule has 2 aliphatic rings. The predicted octanol–water partition coefficient (Wildman–Crippen LogP) is 4.28. The number of nitrogen functional groups attached to an aromatic ring is 1. The van der Waals surface area contributed by atoms with Crippen molar-refractivity contribution in [2.24, 2.45) is 5.92 Å². The van der Waals surface area contributed by atoms with E-state index in [1.54, 1.807) is 6.20 Å². The van der Waals surface area contributed by atoms with E-state index < -0.39 is 0 Å². The molecule has 1 saturated carbocycles. The number of benzene rings is 1. The number of hydrogen-bond donors (Lipinski definition) is 1. The summed E-state index contributed by atoms with van der Waals surface area (Å²) in [4.78, 5) is 23.7. The Kier molecular flexibility index (Phi) is 5.30. The quantitative estimate of drug-likeness (QED) is 0.857. The van der Waals surface area contributed by atoms with Gasteiger partial charge in [-0.25, -0.2) is 9.97 Å². The monoisotopic (exact) mass is 384 g/mol. The Morgan fingerprint density at radius 1 is 1.11 bits per heavy atom. The number of carbonyl (C=O) groups is 1. The Morgan fingerprint density at radius 2 is 1.85 bits per heavy atom. The molecule has 1 atom stereocenters. The van der Waals surface area contributed by atoms with Crippen molar-refractivity contribution in [2.75, 3.05) is 18.8 Å². The van der Waals surface area contributed by atoms with Gasteiger partial charge in [-0.1, -0.05) is 36.6 Å². The number of carbonyl (C=O) groups excluding carboxylic acids is 1. The smallest absolute Gasteiger partial charge is 0.225 e. The highest BCUT2D eigenvalue weighted by Crippen LogP contribution is 2.35. The zero-order valence-electron chi connectivity index (χ0n) is 15.4. The van der Waals surface area contributed by atoms with E-state index in [4.69, 9.17) is 17.3 Å². The third-order valence-electron chi connectivity index (χ3n) is 5.82. The molecule has 2 N–H and O–H groups in total. The van der Waals surface area contributed by atoms with E-state index in [-0.39, 0.29) is 17.8 Å². The number of rotatable bonds is 3. The van der Waals surface area contributed by atoms with Crippen LogP contribution in [0.25, 0.3) is 11.1 Å². The first-order valence-corrected chi connectivity index (χ1v) is 10.2. The molecule has 142 valence electrons. The number of aromatic nitrogens is 2. The standard InChI is InChI=1S/C21H25ClN4O/c22-17-9-7-14(8-10-17)18-12-24-21(23)25-19(18)16-6-3-11-26(13-16)20(27)15-4-1-2-5-15/h7-10,12,15-16H,1-6,11,13H2,(H2,23,24,25). The molecule has 6 heteroatoms. The minimum absolute atomic E-state index is 0.181. The Hall–Kier alpha value is -2.14. The SMILES string of the molecule is Nc1ncc(-c2ccc(Cl)cc2)c(C2CCCN(C(=O)C3CCCC3)C2)n1. The van der Waals surface area contributed by atoms with Gasteiger partial charge < -0.3 is 10.6 Å². The van der Waals surface area contributed by atoms with Gasteiger partial charge in [0, 0.05) is 41.7 Å². The van der Waals surface area contributed by atoms with Gasteiger partial charge in [-0.2, -0.15) is 0 Å². The third kappa shape index (κ3) is 3.93. The molecular weight excluding hydrogens is 360 g/mol. The van der Waals surface area contributed by atoms with Crippen molar-refractivity contribution in [2.45, 2.75) is 44.4 Å². The van der Waals surface area contributed by atoms with E-state index in [0.29, 0.717) is 17.5 Å². The molecule has 4 rings (SSSR count). The molecule has 27 heavy (non-hydrogen) atoms. The van der Waals surface area contributed by atoms with Gasteiger partial charge in [-0.3, -0.25) is 4.79 Å². The predicted molar refractivity (Wildman–Crippen MR) is 107 cm³/mol. The zero-order chi connectivity index (χ0) is 18.8. The van der Waals surface area contributed by atoms with Crippen LogP contribution in [0, 0.1) is 5.92 Å². The van der Waals surface area contributed by atoms with Gasteiger partial charge in [0.05, 0.1) is 5.69 Å². The van der Waals surface area contributed by atoms with Gasteiger partial charge in [-0.15, -0.1) is 0 Å². The molecule has 1 aliphatic heterocycles. The van der Waals surface area contributed by atoms with Gasteiger partial charge in [-0.05, 0) is 43.4 Å². The maximum absolute atomic E-state index is 12.9. The van der Waals surface area contributed by atoms with Crippen LogP contribution in [0.15, 0.2) is 30.5 Å². The number of piperidine rings is 1. The first-order chi connectivity index (χ1) is 13.1. The lowest BCUT2D eigenvalue weighted by atomic mass is 9.89. The molecule has 2 aromatic rings. The van der Waals surface area contributed by atoms with E-state index in [1.165, 1.54) is 12.8 Å². The van der Waals surface area contributed by atoms with E-state index in [2.05, 4.69) is 9.97 Å². The number of nitrogens with zero attached hydrogens (tertiary/aromatic N) is 3. The van der Waals surface area contributed by atoms with Crippen LogP contribution in [0.4, 0.5) is 5.95 Å². The molecule has 0 spiro atoms. The number of halogens is 1. The molecule has 5 nitrogen and oxygen atoms in total. The summed E-state index contributed by atoms with van der Waals surface area (Å²) >= 11 is 6.03. The molecule has 1 aromatic heterocycles. The van der Waals surface area contributed by atoms with Crippen LogP contribution in [0.1, 0.15) is 50.1 Å². The molecule has 1 saturated heterocycles. The largest absolute Gasteiger partial charge is 0.368 e. The highest BCUT2D eigenvalue weighted by atomic mass is 35.5. The lowest BCUT2D eigenvalue weighted by molar-refractivity contribution is -0.136. The number of nitrogens with two attached hydrogens (primary N) is 1. The van der Waals surface area contributed by atoms with Gasteiger partial charge in [0.25, 0.3) is 0 Å². The summed E-state index contributed by atoms with van der Waals surface area (Å²) < 4.78 is 0. The summed E-state index contributed by atoms with van der Waals surface area (Å²) in [5.74, 6) is 1.00. The summed E-state index contributed by atoms with van der Waals surface area (Å²) in [6.45, 7) is 1.56. The van der Waals surface area contributed by atoms with Gasteiger partial charge in [0.15, 0.2) is 0 Å². The number of likely N-dealkylation sites (tertiary alicyclic amines) is 1. The van der Waals surface area contributed by atoms with Crippen LogP contribution in [0.2, 0.25) is 5.02 Å². The third-order valence-corrected chi connectivity index (χ3v) is 6.07. The highest BCUT2D eigenvalue weighted by Gasteiger charge is 2.32. The zero-order valence-corrected chi connectivity index (χ0v) is 16.2. The molecule has 0 bridgehead atoms. The fourth-order valence-corrected chi connectivity index (χ4v) is 4.53. The molecule has 0 radical (unpaired) electrons. The molecule has 1 aromatic carbocycles. The Labute approximate surface area is 164 Å². The topological polar surface area (TPSA) is 72.1 Å². The molecule has 1 amide bonds. The Morgan fingerprint density at radius 3 is 2.59 bits per heavy atom. The number of amides is 1. The second-order valence-corrected chi connectivity index (χ2v) is 8.08. The number of hydrogen-bond acceptors (Lipinski definition) is 4. The fraction of sp³-hybridized carbons (Fsp3) is 0.476. The first kappa shape index (κ1) is 18.2. The molecule has 1 aliphatic carbocycles. The summed E-state index contributed by atoms with van der Waals surface area (Å²) in [6, 6.07) is 7.69. The second-order valence-electron chi connectivity index (χ2n) is 7.64. The summed E-state index contributed by atoms with van der Waals surface area (Å²) in [5.41, 5.74) is 8.84. The summed E-state index contributed by atoms with van der Waals surface area (Å²) in [6.07, 6.45) is 8.22. The van der Waals surface area contributed by atoms with Crippen molar-refractivity contribution >= 4 is 23.5 Å². The molecule has 2 fully saturated rings. The molecular formula is C21H25ClN4O. The molecule has 2 heterocycles. The normalized spacial score (nSPS) is 20.8. The van der Waals surface area contributed by atoms with Crippen molar-refractivity contribution in [1.29, 1.82) is 0 Å². The fourth-order valence-electron chi connectivity index (χ4n) is 4.40. The van der Waals surface area contributed by atoms with Crippen LogP contribution < -0.4 is 5.73 Å². The Bertz CT molecular complexity index is 817. The summed E-state index contributed by atoms with van der Waals surface area (Å²) in [7, 11) is 0. The second kappa shape index (κ2) is 7.85. The van der Waals surface area contributed by atoms with Gasteiger partial charge >= 0.3 is 0 Å². The van der Waals surface area contributed by atoms with E-state index >= 15 is 0 Å². The number of anilines is 1. The van der Waals surface area contributed by atoms with Crippen molar-refractivity contribution in [3.63, 3.8) is 0 Å². The van der Waals surface area contributed by atoms with Crippen LogP contribution in [0.5, 0.6) is 0 Å². The van der Waals surface area contributed by atoms with Gasteiger partial charge in [0.1, 0.15) is 0 Å². The van der Waals surface area contributed by atoms with Gasteiger partial charge in [0.2, 0.25) is 11.9 Å². The van der Waals surface area contributed by atoms with Crippen molar-refractivity contribution in [3.8, 4) is 11.1 Å². The minimum Gasteiger partial charge on any atom is -0.368 e. The lowest BCUT2D eigenvalue weighted by Gasteiger charge is -2.34. The van der Waals surface area contributed by atoms with Crippen molar-refractivity contribution in [1.82, 2.24) is 14.9 Å². The van der Waals surface area contributed by atoms with Crippen LogP contribution in [0.3, 0.4) is 0 Å². The maximum Gasteiger partial charge on any atom is 0.225 e. The highest BCUT2D eigenvalue weighted by molar-refractivity contribution is 6.30. The van der Waals surface area contributed by atoms with Crippen LogP contribution in [-0.4, -0.2) is 33.9 Å². The van der Waals surface area contributed by atoms with Crippen molar-refractivity contribution in [3.05, 3.63) is 41.2 Å². The maximum atomic E-state index is 12.9. The van der Waals surface area contributed by atoms with E-state index in [0.717, 1.165) is 49.0 Å². The Balaban J connectivity index is 1.61. The van der Waals surface area contributed by atoms with Crippen LogP contribution >= 0.6 is 11.6 Å². The minimum atomic E-state index is 0.181. The first-order valence-electron chi connectivity index (χ1n) is 9.79. The average molecular weight is 385 g/mol. The van der Waals surface area contributed by atoms with Crippen LogP contribution in [-0.2, 0) is 4.79 Å². The molecule has 1 unspecified atom stereocenters. The van der Waals surface area contributed by atoms with E-state index in [1.807, 2.05) is 29.2 Å².